The van der Waals surface area contributed by atoms with E-state index in [1.54, 1.807) is 0 Å². The third kappa shape index (κ3) is 2.71. The van der Waals surface area contributed by atoms with E-state index in [-0.39, 0.29) is 0 Å². The van der Waals surface area contributed by atoms with Crippen LogP contribution in [-0.2, 0) is 4.79 Å². The molecule has 3 heteroatoms. The number of ether oxygens (including phenoxy) is 1. The summed E-state index contributed by atoms with van der Waals surface area (Å²) in [5.74, 6) is 0.853. The first-order valence-electron chi connectivity index (χ1n) is 4.48. The Kier molecular flexibility index (Phi) is 3.89. The summed E-state index contributed by atoms with van der Waals surface area (Å²) >= 11 is 0. The lowest BCUT2D eigenvalue weighted by atomic mass is 10.1. The lowest BCUT2D eigenvalue weighted by Crippen LogP contribution is -2.02. The second kappa shape index (κ2) is 5.20. The molecule has 74 valence electrons. The molecule has 0 saturated heterocycles. The van der Waals surface area contributed by atoms with Crippen LogP contribution in [0.15, 0.2) is 23.2 Å². The molecule has 0 radical (unpaired) electrons. The van der Waals surface area contributed by atoms with Crippen molar-refractivity contribution in [3.8, 4) is 5.75 Å². The van der Waals surface area contributed by atoms with Crippen LogP contribution in [0.25, 0.3) is 0 Å². The average molecular weight is 191 g/mol. The summed E-state index contributed by atoms with van der Waals surface area (Å²) in [6.07, 6.45) is 1.47. The summed E-state index contributed by atoms with van der Waals surface area (Å²) in [6, 6.07) is 5.89. The van der Waals surface area contributed by atoms with Gasteiger partial charge < -0.3 is 4.74 Å². The molecule has 0 saturated carbocycles. The number of aliphatic imine (C=N–C) groups is 1. The van der Waals surface area contributed by atoms with Crippen LogP contribution in [-0.4, -0.2) is 19.2 Å². The van der Waals surface area contributed by atoms with Gasteiger partial charge in [0.25, 0.3) is 0 Å². The average Bonchev–Trinajstić information content (AvgIpc) is 2.19. The summed E-state index contributed by atoms with van der Waals surface area (Å²) in [4.78, 5) is 13.2. The van der Waals surface area contributed by atoms with E-state index in [1.807, 2.05) is 32.0 Å². The van der Waals surface area contributed by atoms with Crippen molar-refractivity contribution in [1.29, 1.82) is 0 Å². The molecule has 0 aliphatic carbocycles. The van der Waals surface area contributed by atoms with E-state index in [0.29, 0.717) is 13.2 Å². The number of nitrogens with zero attached hydrogens (tertiary/aromatic N) is 1. The van der Waals surface area contributed by atoms with Crippen molar-refractivity contribution in [3.63, 3.8) is 0 Å². The number of carbonyl (C=O) groups excluding carboxylic acids is 1. The molecule has 0 aliphatic rings. The summed E-state index contributed by atoms with van der Waals surface area (Å²) in [6.45, 7) is 4.82. The van der Waals surface area contributed by atoms with Crippen molar-refractivity contribution >= 4 is 6.08 Å². The molecule has 3 nitrogen and oxygen atoms in total. The first-order valence-corrected chi connectivity index (χ1v) is 4.48. The Bertz CT molecular complexity index is 354. The summed E-state index contributed by atoms with van der Waals surface area (Å²) in [5.41, 5.74) is 2.32. The molecule has 0 N–H and O–H groups in total. The Morgan fingerprint density at radius 3 is 2.93 bits per heavy atom. The topological polar surface area (TPSA) is 38.7 Å². The number of hydrogen-bond acceptors (Lipinski definition) is 3. The lowest BCUT2D eigenvalue weighted by molar-refractivity contribution is 0.326. The quantitative estimate of drug-likeness (QED) is 0.415. The van der Waals surface area contributed by atoms with Crippen LogP contribution in [0.3, 0.4) is 0 Å². The number of rotatable bonds is 4. The molecule has 0 aliphatic heterocycles. The van der Waals surface area contributed by atoms with Gasteiger partial charge in [-0.3, -0.25) is 0 Å². The highest BCUT2D eigenvalue weighted by Gasteiger charge is 2.00. The van der Waals surface area contributed by atoms with Crippen LogP contribution in [0.4, 0.5) is 0 Å². The van der Waals surface area contributed by atoms with Crippen molar-refractivity contribution in [2.45, 2.75) is 13.8 Å². The van der Waals surface area contributed by atoms with Crippen LogP contribution in [0.2, 0.25) is 0 Å². The lowest BCUT2D eigenvalue weighted by Gasteiger charge is -2.08. The molecule has 1 aromatic rings. The summed E-state index contributed by atoms with van der Waals surface area (Å²) in [5, 5.41) is 0. The molecular formula is C11H13NO2. The SMILES string of the molecule is Cc1cccc(OCCN=C=O)c1C. The van der Waals surface area contributed by atoms with Crippen LogP contribution < -0.4 is 4.74 Å². The molecular weight excluding hydrogens is 178 g/mol. The third-order valence-electron chi connectivity index (χ3n) is 2.08. The van der Waals surface area contributed by atoms with Crippen LogP contribution in [0.1, 0.15) is 11.1 Å². The second-order valence-electron chi connectivity index (χ2n) is 3.02. The van der Waals surface area contributed by atoms with E-state index in [1.165, 1.54) is 11.6 Å². The van der Waals surface area contributed by atoms with Crippen molar-refractivity contribution in [2.24, 2.45) is 4.99 Å². The van der Waals surface area contributed by atoms with Gasteiger partial charge in [0.15, 0.2) is 0 Å². The highest BCUT2D eigenvalue weighted by atomic mass is 16.5. The van der Waals surface area contributed by atoms with Gasteiger partial charge in [-0.2, -0.15) is 0 Å². The van der Waals surface area contributed by atoms with Crippen LogP contribution >= 0.6 is 0 Å². The number of benzene rings is 1. The molecule has 0 unspecified atom stereocenters. The van der Waals surface area contributed by atoms with Gasteiger partial charge in [0, 0.05) is 0 Å². The van der Waals surface area contributed by atoms with E-state index in [2.05, 4.69) is 4.99 Å². The van der Waals surface area contributed by atoms with Gasteiger partial charge in [0.1, 0.15) is 12.4 Å². The van der Waals surface area contributed by atoms with Gasteiger partial charge in [-0.15, -0.1) is 0 Å². The van der Waals surface area contributed by atoms with Crippen LogP contribution in [0, 0.1) is 13.8 Å². The first-order chi connectivity index (χ1) is 6.75. The summed E-state index contributed by atoms with van der Waals surface area (Å²) < 4.78 is 5.45. The van der Waals surface area contributed by atoms with Crippen molar-refractivity contribution in [3.05, 3.63) is 29.3 Å². The third-order valence-corrected chi connectivity index (χ3v) is 2.08. The molecule has 0 bridgehead atoms. The van der Waals surface area contributed by atoms with Crippen molar-refractivity contribution < 1.29 is 9.53 Å². The van der Waals surface area contributed by atoms with E-state index in [0.717, 1.165) is 11.3 Å². The van der Waals surface area contributed by atoms with E-state index in [4.69, 9.17) is 4.74 Å². The Hall–Kier alpha value is -1.60. The fourth-order valence-corrected chi connectivity index (χ4v) is 1.13. The first kappa shape index (κ1) is 10.5. The Labute approximate surface area is 83.4 Å². The molecule has 0 aromatic heterocycles. The Morgan fingerprint density at radius 1 is 1.43 bits per heavy atom. The predicted octanol–water partition coefficient (Wildman–Crippen LogP) is 2.02. The van der Waals surface area contributed by atoms with E-state index >= 15 is 0 Å². The fourth-order valence-electron chi connectivity index (χ4n) is 1.13. The molecule has 1 rings (SSSR count). The zero-order chi connectivity index (χ0) is 10.4. The molecule has 0 atom stereocenters. The summed E-state index contributed by atoms with van der Waals surface area (Å²) in [7, 11) is 0. The highest BCUT2D eigenvalue weighted by molar-refractivity contribution is 5.38. The number of hydrogen-bond donors (Lipinski definition) is 0. The smallest absolute Gasteiger partial charge is 0.235 e. The second-order valence-corrected chi connectivity index (χ2v) is 3.02. The zero-order valence-electron chi connectivity index (χ0n) is 8.41. The molecule has 14 heavy (non-hydrogen) atoms. The molecule has 0 fully saturated rings. The fraction of sp³-hybridized carbons (Fsp3) is 0.364. The molecule has 0 heterocycles. The van der Waals surface area contributed by atoms with Gasteiger partial charge >= 0.3 is 0 Å². The maximum absolute atomic E-state index is 9.79. The molecule has 0 spiro atoms. The minimum atomic E-state index is 0.358. The van der Waals surface area contributed by atoms with E-state index in [9.17, 15) is 4.79 Å². The Morgan fingerprint density at radius 2 is 2.21 bits per heavy atom. The zero-order valence-corrected chi connectivity index (χ0v) is 8.41. The monoisotopic (exact) mass is 191 g/mol. The van der Waals surface area contributed by atoms with Gasteiger partial charge in [-0.25, -0.2) is 9.79 Å². The minimum absolute atomic E-state index is 0.358. The standard InChI is InChI=1S/C11H13NO2/c1-9-4-3-5-11(10(9)2)14-7-6-12-8-13/h3-5H,6-7H2,1-2H3. The van der Waals surface area contributed by atoms with E-state index < -0.39 is 0 Å². The molecule has 0 amide bonds. The minimum Gasteiger partial charge on any atom is -0.491 e. The number of isocyanates is 1. The van der Waals surface area contributed by atoms with Gasteiger partial charge in [0.2, 0.25) is 6.08 Å². The highest BCUT2D eigenvalue weighted by Crippen LogP contribution is 2.20. The maximum Gasteiger partial charge on any atom is 0.235 e. The largest absolute Gasteiger partial charge is 0.491 e. The molecule has 1 aromatic carbocycles. The van der Waals surface area contributed by atoms with Crippen LogP contribution in [0.5, 0.6) is 5.75 Å². The van der Waals surface area contributed by atoms with Gasteiger partial charge in [0.05, 0.1) is 6.54 Å². The van der Waals surface area contributed by atoms with Gasteiger partial charge in [-0.1, -0.05) is 12.1 Å². The number of aryl methyl sites for hydroxylation is 1. The normalized spacial score (nSPS) is 9.29. The Balaban J connectivity index is 2.58. The maximum atomic E-state index is 9.79. The van der Waals surface area contributed by atoms with Crippen molar-refractivity contribution in [1.82, 2.24) is 0 Å². The predicted molar refractivity (Wildman–Crippen MR) is 54.4 cm³/mol. The van der Waals surface area contributed by atoms with Gasteiger partial charge in [-0.05, 0) is 31.0 Å². The van der Waals surface area contributed by atoms with Crippen molar-refractivity contribution in [2.75, 3.05) is 13.2 Å².